The molecule has 5 rings (SSSR count). The lowest BCUT2D eigenvalue weighted by Crippen LogP contribution is -2.29. The van der Waals surface area contributed by atoms with Crippen molar-refractivity contribution in [1.82, 2.24) is 24.0 Å². The molecule has 4 aromatic rings. The average molecular weight is 543 g/mol. The van der Waals surface area contributed by atoms with Gasteiger partial charge in [-0.25, -0.2) is 14.3 Å². The first-order chi connectivity index (χ1) is 19.3. The van der Waals surface area contributed by atoms with E-state index >= 15 is 0 Å². The predicted octanol–water partition coefficient (Wildman–Crippen LogP) is 3.40. The van der Waals surface area contributed by atoms with Crippen LogP contribution in [-0.4, -0.2) is 71.3 Å². The molecule has 0 aliphatic carbocycles. The van der Waals surface area contributed by atoms with Crippen LogP contribution in [-0.2, 0) is 17.8 Å². The van der Waals surface area contributed by atoms with E-state index in [0.717, 1.165) is 42.7 Å². The van der Waals surface area contributed by atoms with Crippen LogP contribution in [0.3, 0.4) is 0 Å². The molecule has 1 aliphatic heterocycles. The number of hydrogen-bond acceptors (Lipinski definition) is 8. The molecule has 0 saturated heterocycles. The molecule has 2 aromatic heterocycles. The Kier molecular flexibility index (Phi) is 7.56. The number of amides is 1. The Labute approximate surface area is 232 Å². The molecule has 0 saturated carbocycles. The normalized spacial score (nSPS) is 12.4. The highest BCUT2D eigenvalue weighted by atomic mass is 16.5. The summed E-state index contributed by atoms with van der Waals surface area (Å²) in [4.78, 5) is 38.9. The van der Waals surface area contributed by atoms with E-state index in [4.69, 9.17) is 4.74 Å². The second-order valence-corrected chi connectivity index (χ2v) is 10.0. The van der Waals surface area contributed by atoms with Crippen LogP contribution in [0.15, 0.2) is 60.0 Å². The van der Waals surface area contributed by atoms with Crippen LogP contribution >= 0.6 is 0 Å². The van der Waals surface area contributed by atoms with Crippen molar-refractivity contribution in [1.29, 1.82) is 0 Å². The number of benzene rings is 2. The number of anilines is 4. The number of nitrogens with zero attached hydrogens (tertiary/aromatic N) is 6. The molecule has 2 aromatic carbocycles. The van der Waals surface area contributed by atoms with Gasteiger partial charge in [0.05, 0.1) is 35.2 Å². The van der Waals surface area contributed by atoms with Gasteiger partial charge in [-0.15, -0.1) is 0 Å². The van der Waals surface area contributed by atoms with Crippen molar-refractivity contribution in [3.05, 3.63) is 71.3 Å². The van der Waals surface area contributed by atoms with Gasteiger partial charge in [0, 0.05) is 45.0 Å². The Morgan fingerprint density at radius 1 is 1.18 bits per heavy atom. The van der Waals surface area contributed by atoms with Crippen LogP contribution in [0.4, 0.5) is 23.0 Å². The summed E-state index contributed by atoms with van der Waals surface area (Å²) >= 11 is 0. The van der Waals surface area contributed by atoms with E-state index in [-0.39, 0.29) is 17.5 Å². The highest BCUT2D eigenvalue weighted by Crippen LogP contribution is 2.38. The van der Waals surface area contributed by atoms with E-state index < -0.39 is 0 Å². The standard InChI is InChI=1S/C29H34N8O3/c1-6-26(38)31-20-17-21(24(40-5)18-23(20)35(4)16-15-34(2)3)32-28-30-13-12-25(33-28)37-22-11-7-9-19-10-8-14-36(27(19)22)29(37)39/h6-7,9,11-13,17-18H,1,8,10,14-16H2,2-5H3,(H,31,38)(H,30,32,33). The molecule has 0 bridgehead atoms. The topological polar surface area (TPSA) is 110 Å². The van der Waals surface area contributed by atoms with Crippen LogP contribution in [0, 0.1) is 0 Å². The van der Waals surface area contributed by atoms with E-state index in [1.807, 2.05) is 48.8 Å². The SMILES string of the molecule is C=CC(=O)Nc1cc(Nc2nccc(-n3c(=O)n4c5c(cccc53)CCC4)n2)c(OC)cc1N(C)CCN(C)C. The zero-order valence-corrected chi connectivity index (χ0v) is 23.3. The van der Waals surface area contributed by atoms with Crippen molar-refractivity contribution in [3.8, 4) is 11.6 Å². The van der Waals surface area contributed by atoms with Crippen LogP contribution in [0.25, 0.3) is 16.9 Å². The number of para-hydroxylation sites is 1. The van der Waals surface area contributed by atoms with Gasteiger partial charge in [-0.3, -0.25) is 9.36 Å². The minimum absolute atomic E-state index is 0.121. The number of hydrogen-bond donors (Lipinski definition) is 2. The van der Waals surface area contributed by atoms with Gasteiger partial charge in [-0.05, 0) is 50.7 Å². The minimum atomic E-state index is -0.330. The van der Waals surface area contributed by atoms with Crippen LogP contribution in [0.2, 0.25) is 0 Å². The van der Waals surface area contributed by atoms with E-state index in [0.29, 0.717) is 29.5 Å². The molecule has 1 amide bonds. The van der Waals surface area contributed by atoms with Crippen molar-refractivity contribution in [2.45, 2.75) is 19.4 Å². The smallest absolute Gasteiger partial charge is 0.334 e. The zero-order valence-electron chi connectivity index (χ0n) is 23.3. The number of aromatic nitrogens is 4. The molecule has 1 aliphatic rings. The monoisotopic (exact) mass is 542 g/mol. The van der Waals surface area contributed by atoms with Gasteiger partial charge in [-0.1, -0.05) is 18.7 Å². The Morgan fingerprint density at radius 2 is 2.00 bits per heavy atom. The maximum Gasteiger partial charge on any atom is 0.334 e. The molecule has 0 radical (unpaired) electrons. The van der Waals surface area contributed by atoms with Crippen molar-refractivity contribution < 1.29 is 9.53 Å². The van der Waals surface area contributed by atoms with Crippen LogP contribution < -0.4 is 26.0 Å². The van der Waals surface area contributed by atoms with Gasteiger partial charge in [-0.2, -0.15) is 4.98 Å². The lowest BCUT2D eigenvalue weighted by atomic mass is 10.0. The Balaban J connectivity index is 1.53. The fraction of sp³-hybridized carbons (Fsp3) is 0.310. The van der Waals surface area contributed by atoms with Gasteiger partial charge in [0.2, 0.25) is 11.9 Å². The molecular formula is C29H34N8O3. The quantitative estimate of drug-likeness (QED) is 0.294. The van der Waals surface area contributed by atoms with Crippen LogP contribution in [0.1, 0.15) is 12.0 Å². The van der Waals surface area contributed by atoms with Crippen molar-refractivity contribution in [3.63, 3.8) is 0 Å². The van der Waals surface area contributed by atoms with E-state index in [9.17, 15) is 9.59 Å². The highest BCUT2D eigenvalue weighted by Gasteiger charge is 2.22. The van der Waals surface area contributed by atoms with E-state index in [1.54, 1.807) is 30.0 Å². The zero-order chi connectivity index (χ0) is 28.4. The molecule has 3 heterocycles. The third-order valence-corrected chi connectivity index (χ3v) is 7.03. The first-order valence-corrected chi connectivity index (χ1v) is 13.2. The average Bonchev–Trinajstić information content (AvgIpc) is 3.24. The van der Waals surface area contributed by atoms with Gasteiger partial charge in [0.25, 0.3) is 0 Å². The Bertz CT molecular complexity index is 1640. The summed E-state index contributed by atoms with van der Waals surface area (Å²) in [7, 11) is 7.55. The minimum Gasteiger partial charge on any atom is -0.494 e. The molecule has 2 N–H and O–H groups in total. The van der Waals surface area contributed by atoms with E-state index in [1.165, 1.54) is 11.6 Å². The summed E-state index contributed by atoms with van der Waals surface area (Å²) in [6.07, 6.45) is 4.71. The molecule has 0 fully saturated rings. The summed E-state index contributed by atoms with van der Waals surface area (Å²) in [5, 5.41) is 6.12. The Hall–Kier alpha value is -4.64. The molecule has 11 heteroatoms. The van der Waals surface area contributed by atoms with Crippen molar-refractivity contribution >= 4 is 40.0 Å². The third kappa shape index (κ3) is 5.15. The number of likely N-dealkylation sites (N-methyl/N-ethyl adjacent to an activating group) is 2. The molecule has 0 unspecified atom stereocenters. The van der Waals surface area contributed by atoms with Crippen molar-refractivity contribution in [2.75, 3.05) is 56.9 Å². The maximum atomic E-state index is 13.4. The molecule has 0 spiro atoms. The number of carbonyl (C=O) groups is 1. The van der Waals surface area contributed by atoms with Gasteiger partial charge >= 0.3 is 5.69 Å². The number of rotatable bonds is 10. The molecular weight excluding hydrogens is 508 g/mol. The van der Waals surface area contributed by atoms with Gasteiger partial charge < -0.3 is 25.2 Å². The number of carbonyl (C=O) groups excluding carboxylic acids is 1. The highest BCUT2D eigenvalue weighted by molar-refractivity contribution is 6.02. The molecule has 11 nitrogen and oxygen atoms in total. The molecule has 40 heavy (non-hydrogen) atoms. The second-order valence-electron chi connectivity index (χ2n) is 10.0. The van der Waals surface area contributed by atoms with Crippen LogP contribution in [0.5, 0.6) is 5.75 Å². The first kappa shape index (κ1) is 26.9. The largest absolute Gasteiger partial charge is 0.494 e. The third-order valence-electron chi connectivity index (χ3n) is 7.03. The van der Waals surface area contributed by atoms with E-state index in [2.05, 4.69) is 38.1 Å². The fourth-order valence-corrected chi connectivity index (χ4v) is 5.01. The number of ether oxygens (including phenoxy) is 1. The number of nitrogens with one attached hydrogen (secondary N) is 2. The number of aryl methyl sites for hydroxylation is 2. The lowest BCUT2D eigenvalue weighted by molar-refractivity contribution is -0.111. The molecule has 208 valence electrons. The van der Waals surface area contributed by atoms with Gasteiger partial charge in [0.15, 0.2) is 0 Å². The predicted molar refractivity (Wildman–Crippen MR) is 158 cm³/mol. The summed E-state index contributed by atoms with van der Waals surface area (Å²) in [5.74, 6) is 0.958. The first-order valence-electron chi connectivity index (χ1n) is 13.2. The second kappa shape index (κ2) is 11.2. The number of imidazole rings is 1. The summed E-state index contributed by atoms with van der Waals surface area (Å²) in [6, 6.07) is 11.4. The Morgan fingerprint density at radius 3 is 2.75 bits per heavy atom. The fourth-order valence-electron chi connectivity index (χ4n) is 5.01. The van der Waals surface area contributed by atoms with Gasteiger partial charge in [0.1, 0.15) is 11.6 Å². The number of methoxy groups -OCH3 is 1. The summed E-state index contributed by atoms with van der Waals surface area (Å²) < 4.78 is 9.16. The summed E-state index contributed by atoms with van der Waals surface area (Å²) in [6.45, 7) is 5.81. The van der Waals surface area contributed by atoms with Crippen molar-refractivity contribution in [2.24, 2.45) is 0 Å². The summed E-state index contributed by atoms with van der Waals surface area (Å²) in [5.41, 5.74) is 4.75. The molecule has 0 atom stereocenters. The maximum absolute atomic E-state index is 13.4. The lowest BCUT2D eigenvalue weighted by Gasteiger charge is -2.26.